The molecular weight excluding hydrogens is 170 g/mol. The molecule has 2 N–H and O–H groups in total. The molecular formula is C9H17NOS. The van der Waals surface area contributed by atoms with Crippen molar-refractivity contribution in [3.8, 4) is 0 Å². The number of nitrogens with two attached hydrogens (primary N) is 1. The fourth-order valence-electron chi connectivity index (χ4n) is 1.74. The van der Waals surface area contributed by atoms with E-state index in [-0.39, 0.29) is 17.1 Å². The number of hydrogen-bond donors (Lipinski definition) is 1. The molecule has 1 saturated carbocycles. The van der Waals surface area contributed by atoms with Crippen molar-refractivity contribution in [2.75, 3.05) is 6.26 Å². The SMILES string of the molecule is CSC(N)C(=O)C1CCCCC1. The molecule has 12 heavy (non-hydrogen) atoms. The predicted molar refractivity (Wildman–Crippen MR) is 53.1 cm³/mol. The van der Waals surface area contributed by atoms with Crippen LogP contribution in [-0.2, 0) is 4.79 Å². The van der Waals surface area contributed by atoms with Gasteiger partial charge in [-0.1, -0.05) is 19.3 Å². The highest BCUT2D eigenvalue weighted by Gasteiger charge is 2.24. The van der Waals surface area contributed by atoms with Gasteiger partial charge in [-0.2, -0.15) is 0 Å². The fraction of sp³-hybridized carbons (Fsp3) is 0.889. The maximum atomic E-state index is 11.6. The molecule has 0 radical (unpaired) electrons. The number of ketones is 1. The first kappa shape index (κ1) is 10.1. The summed E-state index contributed by atoms with van der Waals surface area (Å²) in [5, 5.41) is -0.284. The van der Waals surface area contributed by atoms with Crippen LogP contribution in [0.3, 0.4) is 0 Å². The second kappa shape index (κ2) is 4.87. The molecule has 0 aromatic carbocycles. The van der Waals surface area contributed by atoms with Gasteiger partial charge in [0, 0.05) is 5.92 Å². The fourth-order valence-corrected chi connectivity index (χ4v) is 2.16. The summed E-state index contributed by atoms with van der Waals surface area (Å²) in [6.45, 7) is 0. The number of carbonyl (C=O) groups excluding carboxylic acids is 1. The third kappa shape index (κ3) is 2.49. The summed E-state index contributed by atoms with van der Waals surface area (Å²) in [6.07, 6.45) is 7.72. The van der Waals surface area contributed by atoms with Crippen LogP contribution in [0.1, 0.15) is 32.1 Å². The molecule has 2 nitrogen and oxygen atoms in total. The highest BCUT2D eigenvalue weighted by Crippen LogP contribution is 2.26. The summed E-state index contributed by atoms with van der Waals surface area (Å²) in [7, 11) is 0. The molecule has 0 spiro atoms. The molecule has 0 aromatic heterocycles. The van der Waals surface area contributed by atoms with Crippen LogP contribution in [0.2, 0.25) is 0 Å². The zero-order valence-corrected chi connectivity index (χ0v) is 8.40. The molecule has 1 aliphatic carbocycles. The molecule has 0 bridgehead atoms. The Labute approximate surface area is 78.3 Å². The Morgan fingerprint density at radius 2 is 2.00 bits per heavy atom. The van der Waals surface area contributed by atoms with Gasteiger partial charge in [0.15, 0.2) is 5.78 Å². The normalized spacial score (nSPS) is 22.2. The number of thioether (sulfide) groups is 1. The molecule has 3 heteroatoms. The van der Waals surface area contributed by atoms with Crippen molar-refractivity contribution >= 4 is 17.5 Å². The lowest BCUT2D eigenvalue weighted by molar-refractivity contribution is -0.123. The molecule has 0 heterocycles. The van der Waals surface area contributed by atoms with Crippen LogP contribution >= 0.6 is 11.8 Å². The van der Waals surface area contributed by atoms with Crippen LogP contribution in [0, 0.1) is 5.92 Å². The van der Waals surface area contributed by atoms with Crippen LogP contribution in [0.25, 0.3) is 0 Å². The molecule has 1 unspecified atom stereocenters. The summed E-state index contributed by atoms with van der Waals surface area (Å²) in [5.41, 5.74) is 5.66. The van der Waals surface area contributed by atoms with Gasteiger partial charge in [0.25, 0.3) is 0 Å². The Balaban J connectivity index is 2.39. The first-order valence-electron chi connectivity index (χ1n) is 4.58. The third-order valence-electron chi connectivity index (χ3n) is 2.54. The van der Waals surface area contributed by atoms with Gasteiger partial charge in [-0.05, 0) is 19.1 Å². The quantitative estimate of drug-likeness (QED) is 0.685. The number of hydrogen-bond acceptors (Lipinski definition) is 3. The monoisotopic (exact) mass is 187 g/mol. The minimum atomic E-state index is -0.284. The molecule has 1 aliphatic rings. The number of rotatable bonds is 3. The van der Waals surface area contributed by atoms with Crippen molar-refractivity contribution in [1.29, 1.82) is 0 Å². The van der Waals surface area contributed by atoms with Crippen LogP contribution in [-0.4, -0.2) is 17.4 Å². The van der Waals surface area contributed by atoms with Crippen molar-refractivity contribution in [3.63, 3.8) is 0 Å². The summed E-state index contributed by atoms with van der Waals surface area (Å²) in [6, 6.07) is 0. The van der Waals surface area contributed by atoms with Gasteiger partial charge in [0.2, 0.25) is 0 Å². The maximum absolute atomic E-state index is 11.6. The average Bonchev–Trinajstić information content (AvgIpc) is 2.17. The van der Waals surface area contributed by atoms with Gasteiger partial charge >= 0.3 is 0 Å². The van der Waals surface area contributed by atoms with Crippen LogP contribution in [0.4, 0.5) is 0 Å². The summed E-state index contributed by atoms with van der Waals surface area (Å²) < 4.78 is 0. The summed E-state index contributed by atoms with van der Waals surface area (Å²) in [4.78, 5) is 11.6. The lowest BCUT2D eigenvalue weighted by Gasteiger charge is -2.22. The van der Waals surface area contributed by atoms with Gasteiger partial charge in [0.05, 0.1) is 0 Å². The van der Waals surface area contributed by atoms with E-state index in [0.717, 1.165) is 12.8 Å². The maximum Gasteiger partial charge on any atom is 0.162 e. The van der Waals surface area contributed by atoms with Crippen molar-refractivity contribution in [3.05, 3.63) is 0 Å². The van der Waals surface area contributed by atoms with Crippen molar-refractivity contribution in [1.82, 2.24) is 0 Å². The van der Waals surface area contributed by atoms with Gasteiger partial charge in [-0.3, -0.25) is 4.79 Å². The Morgan fingerprint density at radius 3 is 2.50 bits per heavy atom. The predicted octanol–water partition coefficient (Wildman–Crippen LogP) is 1.78. The van der Waals surface area contributed by atoms with Crippen LogP contribution in [0.15, 0.2) is 0 Å². The molecule has 70 valence electrons. The van der Waals surface area contributed by atoms with Crippen molar-refractivity contribution in [2.24, 2.45) is 11.7 Å². The molecule has 1 rings (SSSR count). The van der Waals surface area contributed by atoms with E-state index in [1.54, 1.807) is 0 Å². The molecule has 1 fully saturated rings. The lowest BCUT2D eigenvalue weighted by Crippen LogP contribution is -2.33. The van der Waals surface area contributed by atoms with E-state index in [2.05, 4.69) is 0 Å². The average molecular weight is 187 g/mol. The zero-order chi connectivity index (χ0) is 8.97. The summed E-state index contributed by atoms with van der Waals surface area (Å²) >= 11 is 1.45. The first-order chi connectivity index (χ1) is 5.75. The van der Waals surface area contributed by atoms with E-state index < -0.39 is 0 Å². The first-order valence-corrected chi connectivity index (χ1v) is 5.86. The zero-order valence-electron chi connectivity index (χ0n) is 7.58. The van der Waals surface area contributed by atoms with Crippen molar-refractivity contribution in [2.45, 2.75) is 37.5 Å². The smallest absolute Gasteiger partial charge is 0.162 e. The number of carbonyl (C=O) groups is 1. The third-order valence-corrected chi connectivity index (χ3v) is 3.28. The van der Waals surface area contributed by atoms with E-state index in [1.807, 2.05) is 6.26 Å². The van der Waals surface area contributed by atoms with Gasteiger partial charge in [0.1, 0.15) is 5.37 Å². The molecule has 0 amide bonds. The minimum Gasteiger partial charge on any atom is -0.313 e. The highest BCUT2D eigenvalue weighted by molar-refractivity contribution is 7.99. The Bertz CT molecular complexity index is 155. The van der Waals surface area contributed by atoms with Crippen LogP contribution in [0.5, 0.6) is 0 Å². The minimum absolute atomic E-state index is 0.265. The van der Waals surface area contributed by atoms with Crippen molar-refractivity contribution < 1.29 is 4.79 Å². The van der Waals surface area contributed by atoms with Crippen LogP contribution < -0.4 is 5.73 Å². The lowest BCUT2D eigenvalue weighted by atomic mass is 9.86. The number of Topliss-reactive ketones (excluding diaryl/α,β-unsaturated/α-hetero) is 1. The van der Waals surface area contributed by atoms with E-state index in [4.69, 9.17) is 5.73 Å². The second-order valence-corrected chi connectivity index (χ2v) is 4.37. The molecule has 0 aliphatic heterocycles. The standard InChI is InChI=1S/C9H17NOS/c1-12-9(10)8(11)7-5-3-2-4-6-7/h7,9H,2-6,10H2,1H3. The van der Waals surface area contributed by atoms with E-state index in [1.165, 1.54) is 31.0 Å². The topological polar surface area (TPSA) is 43.1 Å². The second-order valence-electron chi connectivity index (χ2n) is 3.39. The van der Waals surface area contributed by atoms with Gasteiger partial charge < -0.3 is 5.73 Å². The molecule has 0 saturated heterocycles. The molecule has 1 atom stereocenters. The largest absolute Gasteiger partial charge is 0.313 e. The van der Waals surface area contributed by atoms with E-state index in [9.17, 15) is 4.79 Å². The summed E-state index contributed by atoms with van der Waals surface area (Å²) in [5.74, 6) is 0.531. The Morgan fingerprint density at radius 1 is 1.42 bits per heavy atom. The highest BCUT2D eigenvalue weighted by atomic mass is 32.2. The Hall–Kier alpha value is -0.0200. The van der Waals surface area contributed by atoms with E-state index in [0.29, 0.717) is 0 Å². The molecule has 0 aromatic rings. The van der Waals surface area contributed by atoms with Gasteiger partial charge in [-0.15, -0.1) is 11.8 Å². The Kier molecular flexibility index (Phi) is 4.09. The van der Waals surface area contributed by atoms with E-state index >= 15 is 0 Å². The van der Waals surface area contributed by atoms with Gasteiger partial charge in [-0.25, -0.2) is 0 Å².